The Bertz CT molecular complexity index is 431. The predicted octanol–water partition coefficient (Wildman–Crippen LogP) is 3.17. The van der Waals surface area contributed by atoms with Crippen molar-refractivity contribution in [2.24, 2.45) is 5.41 Å². The highest BCUT2D eigenvalue weighted by Crippen LogP contribution is 2.38. The van der Waals surface area contributed by atoms with Crippen molar-refractivity contribution in [1.82, 2.24) is 0 Å². The third-order valence-corrected chi connectivity index (χ3v) is 3.96. The summed E-state index contributed by atoms with van der Waals surface area (Å²) in [5, 5.41) is 12.6. The first-order valence-corrected chi connectivity index (χ1v) is 6.59. The molecule has 5 heteroatoms. The van der Waals surface area contributed by atoms with Crippen molar-refractivity contribution < 1.29 is 13.9 Å². The molecule has 0 spiro atoms. The van der Waals surface area contributed by atoms with Crippen LogP contribution in [0.4, 0.5) is 20.2 Å². The molecule has 1 aromatic rings. The standard InChI is InChI=1S/C14H20F2N2O/c15-13(16)11-7-10(17)3-4-12(11)18-8-14(9-19)5-1-2-6-14/h3-4,7,13,18-19H,1-2,5-6,8-9,17H2. The Morgan fingerprint density at radius 2 is 2.00 bits per heavy atom. The highest BCUT2D eigenvalue weighted by atomic mass is 19.3. The number of hydrogen-bond acceptors (Lipinski definition) is 3. The number of nitrogens with two attached hydrogens (primary N) is 1. The minimum Gasteiger partial charge on any atom is -0.399 e. The SMILES string of the molecule is Nc1ccc(NCC2(CO)CCCC2)c(C(F)F)c1. The van der Waals surface area contributed by atoms with E-state index < -0.39 is 6.43 Å². The van der Waals surface area contributed by atoms with E-state index >= 15 is 0 Å². The monoisotopic (exact) mass is 270 g/mol. The van der Waals surface area contributed by atoms with Gasteiger partial charge in [-0.1, -0.05) is 12.8 Å². The lowest BCUT2D eigenvalue weighted by molar-refractivity contribution is 0.141. The van der Waals surface area contributed by atoms with E-state index in [0.29, 0.717) is 17.9 Å². The molecule has 0 bridgehead atoms. The van der Waals surface area contributed by atoms with Gasteiger partial charge in [0.2, 0.25) is 0 Å². The molecule has 1 aliphatic carbocycles. The molecule has 19 heavy (non-hydrogen) atoms. The summed E-state index contributed by atoms with van der Waals surface area (Å²) >= 11 is 0. The van der Waals surface area contributed by atoms with E-state index in [1.165, 1.54) is 6.07 Å². The maximum Gasteiger partial charge on any atom is 0.265 e. The lowest BCUT2D eigenvalue weighted by Crippen LogP contribution is -2.30. The molecular formula is C14H20F2N2O. The van der Waals surface area contributed by atoms with Crippen LogP contribution >= 0.6 is 0 Å². The van der Waals surface area contributed by atoms with Crippen LogP contribution in [0.15, 0.2) is 18.2 Å². The zero-order valence-corrected chi connectivity index (χ0v) is 10.8. The molecule has 3 nitrogen and oxygen atoms in total. The van der Waals surface area contributed by atoms with Crippen LogP contribution in [0.25, 0.3) is 0 Å². The molecule has 0 aromatic heterocycles. The predicted molar refractivity (Wildman–Crippen MR) is 72.3 cm³/mol. The fourth-order valence-electron chi connectivity index (χ4n) is 2.72. The van der Waals surface area contributed by atoms with Crippen LogP contribution in [0.1, 0.15) is 37.7 Å². The van der Waals surface area contributed by atoms with Gasteiger partial charge in [0.15, 0.2) is 0 Å². The molecule has 0 radical (unpaired) electrons. The zero-order valence-electron chi connectivity index (χ0n) is 10.8. The molecule has 1 aromatic carbocycles. The fraction of sp³-hybridized carbons (Fsp3) is 0.571. The first-order chi connectivity index (χ1) is 9.06. The molecule has 0 unspecified atom stereocenters. The molecule has 1 fully saturated rings. The highest BCUT2D eigenvalue weighted by molar-refractivity contribution is 5.58. The number of aliphatic hydroxyl groups excluding tert-OH is 1. The van der Waals surface area contributed by atoms with Crippen molar-refractivity contribution in [3.8, 4) is 0 Å². The number of alkyl halides is 2. The summed E-state index contributed by atoms with van der Waals surface area (Å²) < 4.78 is 25.9. The van der Waals surface area contributed by atoms with E-state index in [4.69, 9.17) is 5.73 Å². The van der Waals surface area contributed by atoms with Crippen LogP contribution in [0.5, 0.6) is 0 Å². The number of nitrogen functional groups attached to an aromatic ring is 1. The summed E-state index contributed by atoms with van der Waals surface area (Å²) in [6, 6.07) is 4.48. The average Bonchev–Trinajstić information content (AvgIpc) is 2.86. The Kier molecular flexibility index (Phi) is 4.24. The molecular weight excluding hydrogens is 250 g/mol. The smallest absolute Gasteiger partial charge is 0.265 e. The van der Waals surface area contributed by atoms with Gasteiger partial charge in [0.1, 0.15) is 0 Å². The summed E-state index contributed by atoms with van der Waals surface area (Å²) in [4.78, 5) is 0. The second-order valence-corrected chi connectivity index (χ2v) is 5.37. The molecule has 0 amide bonds. The number of anilines is 2. The number of halogens is 2. The molecule has 106 valence electrons. The largest absolute Gasteiger partial charge is 0.399 e. The number of aliphatic hydroxyl groups is 1. The maximum absolute atomic E-state index is 12.9. The van der Waals surface area contributed by atoms with Gasteiger partial charge in [0.25, 0.3) is 6.43 Å². The maximum atomic E-state index is 12.9. The fourth-order valence-corrected chi connectivity index (χ4v) is 2.72. The van der Waals surface area contributed by atoms with Crippen molar-refractivity contribution >= 4 is 11.4 Å². The summed E-state index contributed by atoms with van der Waals surface area (Å²) in [5.74, 6) is 0. The molecule has 4 N–H and O–H groups in total. The first-order valence-electron chi connectivity index (χ1n) is 6.59. The number of nitrogens with one attached hydrogen (secondary N) is 1. The van der Waals surface area contributed by atoms with Gasteiger partial charge in [-0.2, -0.15) is 0 Å². The topological polar surface area (TPSA) is 58.3 Å². The summed E-state index contributed by atoms with van der Waals surface area (Å²) in [6.45, 7) is 0.617. The molecule has 0 atom stereocenters. The zero-order chi connectivity index (χ0) is 13.9. The molecule has 2 rings (SSSR count). The lowest BCUT2D eigenvalue weighted by atomic mass is 9.87. The second kappa shape index (κ2) is 5.74. The van der Waals surface area contributed by atoms with E-state index in [1.807, 2.05) is 0 Å². The first kappa shape index (κ1) is 14.1. The minimum absolute atomic E-state index is 0.0777. The highest BCUT2D eigenvalue weighted by Gasteiger charge is 2.33. The quantitative estimate of drug-likeness (QED) is 0.720. The van der Waals surface area contributed by atoms with Crippen molar-refractivity contribution in [3.05, 3.63) is 23.8 Å². The molecule has 0 heterocycles. The number of rotatable bonds is 5. The molecule has 0 aliphatic heterocycles. The van der Waals surface area contributed by atoms with E-state index in [9.17, 15) is 13.9 Å². The van der Waals surface area contributed by atoms with Gasteiger partial charge in [0.05, 0.1) is 6.61 Å². The van der Waals surface area contributed by atoms with E-state index in [1.54, 1.807) is 12.1 Å². The summed E-state index contributed by atoms with van der Waals surface area (Å²) in [6.07, 6.45) is 1.50. The minimum atomic E-state index is -2.56. The van der Waals surface area contributed by atoms with Crippen molar-refractivity contribution in [2.75, 3.05) is 24.2 Å². The van der Waals surface area contributed by atoms with Crippen LogP contribution in [0.3, 0.4) is 0 Å². The molecule has 0 saturated heterocycles. The van der Waals surface area contributed by atoms with Gasteiger partial charge in [-0.05, 0) is 31.0 Å². The molecule has 1 aliphatic rings. The summed E-state index contributed by atoms with van der Waals surface area (Å²) in [7, 11) is 0. The van der Waals surface area contributed by atoms with Crippen molar-refractivity contribution in [1.29, 1.82) is 0 Å². The van der Waals surface area contributed by atoms with Crippen LogP contribution < -0.4 is 11.1 Å². The van der Waals surface area contributed by atoms with Crippen LogP contribution in [0, 0.1) is 5.41 Å². The Labute approximate surface area is 111 Å². The Balaban J connectivity index is 2.10. The van der Waals surface area contributed by atoms with Gasteiger partial charge in [-0.25, -0.2) is 8.78 Å². The van der Waals surface area contributed by atoms with Gasteiger partial charge in [-0.3, -0.25) is 0 Å². The lowest BCUT2D eigenvalue weighted by Gasteiger charge is -2.27. The van der Waals surface area contributed by atoms with Gasteiger partial charge < -0.3 is 16.2 Å². The van der Waals surface area contributed by atoms with E-state index in [2.05, 4.69) is 5.32 Å². The van der Waals surface area contributed by atoms with Crippen LogP contribution in [-0.2, 0) is 0 Å². The van der Waals surface area contributed by atoms with Gasteiger partial charge >= 0.3 is 0 Å². The second-order valence-electron chi connectivity index (χ2n) is 5.37. The molecule has 1 saturated carbocycles. The van der Waals surface area contributed by atoms with Gasteiger partial charge in [-0.15, -0.1) is 0 Å². The average molecular weight is 270 g/mol. The van der Waals surface area contributed by atoms with Crippen molar-refractivity contribution in [2.45, 2.75) is 32.1 Å². The van der Waals surface area contributed by atoms with E-state index in [0.717, 1.165) is 25.7 Å². The van der Waals surface area contributed by atoms with Crippen molar-refractivity contribution in [3.63, 3.8) is 0 Å². The van der Waals surface area contributed by atoms with Gasteiger partial charge in [0, 0.05) is 28.9 Å². The Hall–Kier alpha value is -1.36. The Morgan fingerprint density at radius 3 is 2.58 bits per heavy atom. The Morgan fingerprint density at radius 1 is 1.32 bits per heavy atom. The number of hydrogen-bond donors (Lipinski definition) is 3. The number of benzene rings is 1. The van der Waals surface area contributed by atoms with Crippen LogP contribution in [-0.4, -0.2) is 18.3 Å². The van der Waals surface area contributed by atoms with E-state index in [-0.39, 0.29) is 17.6 Å². The van der Waals surface area contributed by atoms with Crippen LogP contribution in [0.2, 0.25) is 0 Å². The third kappa shape index (κ3) is 3.15. The summed E-state index contributed by atoms with van der Waals surface area (Å²) in [5.41, 5.74) is 6.03. The third-order valence-electron chi connectivity index (χ3n) is 3.96. The normalized spacial score (nSPS) is 17.9.